The van der Waals surface area contributed by atoms with E-state index in [0.29, 0.717) is 6.42 Å². The van der Waals surface area contributed by atoms with Crippen LogP contribution < -0.4 is 0 Å². The van der Waals surface area contributed by atoms with Gasteiger partial charge in [0.25, 0.3) is 0 Å². The smallest absolute Gasteiger partial charge is 0.396 e. The summed E-state index contributed by atoms with van der Waals surface area (Å²) in [5.41, 5.74) is 0. The maximum Gasteiger partial charge on any atom is 0.398 e. The summed E-state index contributed by atoms with van der Waals surface area (Å²) in [6.45, 7) is -0.968. The van der Waals surface area contributed by atoms with Gasteiger partial charge in [-0.15, -0.1) is 0 Å². The lowest BCUT2D eigenvalue weighted by Crippen LogP contribution is -2.44. The van der Waals surface area contributed by atoms with Crippen molar-refractivity contribution in [3.05, 3.63) is 0 Å². The second-order valence-corrected chi connectivity index (χ2v) is 2.67. The molecule has 0 unspecified atom stereocenters. The van der Waals surface area contributed by atoms with E-state index in [9.17, 15) is 14.7 Å². The van der Waals surface area contributed by atoms with E-state index in [4.69, 9.17) is 5.11 Å². The van der Waals surface area contributed by atoms with Crippen molar-refractivity contribution in [3.8, 4) is 0 Å². The number of hydrogen-bond donors (Lipinski definition) is 2. The van der Waals surface area contributed by atoms with E-state index in [0.717, 1.165) is 0 Å². The van der Waals surface area contributed by atoms with Gasteiger partial charge < -0.3 is 19.7 Å². The predicted molar refractivity (Wildman–Crippen MR) is 38.1 cm³/mol. The number of rotatable bonds is 1. The Morgan fingerprint density at radius 2 is 1.69 bits per heavy atom. The van der Waals surface area contributed by atoms with Crippen LogP contribution in [0.15, 0.2) is 0 Å². The number of aliphatic hydroxyl groups is 2. The molecule has 0 aromatic carbocycles. The van der Waals surface area contributed by atoms with Crippen LogP contribution in [0, 0.1) is 0 Å². The van der Waals surface area contributed by atoms with Crippen molar-refractivity contribution in [2.75, 3.05) is 6.61 Å². The largest absolute Gasteiger partial charge is 0.398 e. The summed E-state index contributed by atoms with van der Waals surface area (Å²) in [7, 11) is 0. The van der Waals surface area contributed by atoms with E-state index in [1.165, 1.54) is 0 Å². The molecular formula is C7H10O6. The third-order valence-corrected chi connectivity index (χ3v) is 1.51. The molecule has 74 valence electrons. The van der Waals surface area contributed by atoms with E-state index in [2.05, 4.69) is 9.47 Å². The van der Waals surface area contributed by atoms with Crippen molar-refractivity contribution in [1.82, 2.24) is 0 Å². The lowest BCUT2D eigenvalue weighted by molar-refractivity contribution is -0.339. The van der Waals surface area contributed by atoms with E-state index in [1.807, 2.05) is 0 Å². The van der Waals surface area contributed by atoms with Crippen molar-refractivity contribution < 1.29 is 29.3 Å². The number of carbonyl (C=O) groups is 2. The highest BCUT2D eigenvalue weighted by atomic mass is 16.8. The number of hydrogen-bond acceptors (Lipinski definition) is 6. The first-order chi connectivity index (χ1) is 6.06. The third-order valence-electron chi connectivity index (χ3n) is 1.51. The summed E-state index contributed by atoms with van der Waals surface area (Å²) >= 11 is 0. The molecule has 0 radical (unpaired) electrons. The highest BCUT2D eigenvalue weighted by Crippen LogP contribution is 2.16. The summed E-state index contributed by atoms with van der Waals surface area (Å²) in [4.78, 5) is 21.7. The van der Waals surface area contributed by atoms with Gasteiger partial charge in [0.1, 0.15) is 6.61 Å². The molecule has 1 aliphatic heterocycles. The van der Waals surface area contributed by atoms with Gasteiger partial charge in [-0.1, -0.05) is 0 Å². The molecule has 13 heavy (non-hydrogen) atoms. The molecule has 0 aromatic rings. The lowest BCUT2D eigenvalue weighted by atomic mass is 10.2. The van der Waals surface area contributed by atoms with Crippen molar-refractivity contribution in [2.45, 2.75) is 25.2 Å². The van der Waals surface area contributed by atoms with Gasteiger partial charge in [0.05, 0.1) is 0 Å². The molecule has 6 heteroatoms. The zero-order chi connectivity index (χ0) is 9.90. The normalized spacial score (nSPS) is 22.6. The molecule has 0 saturated carbocycles. The topological polar surface area (TPSA) is 93.1 Å². The maximum atomic E-state index is 10.8. The molecule has 0 amide bonds. The van der Waals surface area contributed by atoms with Gasteiger partial charge >= 0.3 is 17.9 Å². The quantitative estimate of drug-likeness (QED) is 0.509. The molecule has 0 bridgehead atoms. The Morgan fingerprint density at radius 3 is 2.08 bits per heavy atom. The summed E-state index contributed by atoms with van der Waals surface area (Å²) in [5.74, 6) is -3.91. The molecule has 6 nitrogen and oxygen atoms in total. The Hall–Kier alpha value is -1.14. The van der Waals surface area contributed by atoms with Gasteiger partial charge in [0, 0.05) is 12.8 Å². The molecule has 1 fully saturated rings. The molecule has 1 heterocycles. The van der Waals surface area contributed by atoms with Crippen molar-refractivity contribution in [1.29, 1.82) is 0 Å². The number of aliphatic hydroxyl groups excluding tert-OH is 1. The Bertz CT molecular complexity index is 205. The first-order valence-corrected chi connectivity index (χ1v) is 3.83. The summed E-state index contributed by atoms with van der Waals surface area (Å²) in [6, 6.07) is 0. The van der Waals surface area contributed by atoms with Crippen LogP contribution in [-0.4, -0.2) is 34.7 Å². The fourth-order valence-electron chi connectivity index (χ4n) is 0.920. The second-order valence-electron chi connectivity index (χ2n) is 2.67. The zero-order valence-corrected chi connectivity index (χ0v) is 6.86. The summed E-state index contributed by atoms with van der Waals surface area (Å²) in [5, 5.41) is 17.8. The fraction of sp³-hybridized carbons (Fsp3) is 0.714. The lowest BCUT2D eigenvalue weighted by Gasteiger charge is -2.26. The van der Waals surface area contributed by atoms with Crippen LogP contribution in [0.3, 0.4) is 0 Å². The minimum absolute atomic E-state index is 0.0252. The number of ether oxygens (including phenoxy) is 2. The maximum absolute atomic E-state index is 10.8. The minimum Gasteiger partial charge on any atom is -0.396 e. The van der Waals surface area contributed by atoms with Gasteiger partial charge in [-0.25, -0.2) is 0 Å². The van der Waals surface area contributed by atoms with E-state index >= 15 is 0 Å². The number of esters is 2. The standard InChI is InChI=1S/C7H10O6/c8-4-7(11)12-5(9)2-1-3-6(10)13-7/h8,11H,1-4H2. The predicted octanol–water partition coefficient (Wildman–Crippen LogP) is -1.10. The second kappa shape index (κ2) is 3.71. The molecule has 1 aliphatic rings. The Balaban J connectivity index is 2.69. The van der Waals surface area contributed by atoms with Crippen molar-refractivity contribution in [3.63, 3.8) is 0 Å². The van der Waals surface area contributed by atoms with Gasteiger partial charge in [-0.05, 0) is 6.42 Å². The van der Waals surface area contributed by atoms with Crippen LogP contribution in [0.4, 0.5) is 0 Å². The minimum atomic E-state index is -2.51. The van der Waals surface area contributed by atoms with Gasteiger partial charge in [0.2, 0.25) is 0 Å². The highest BCUT2D eigenvalue weighted by Gasteiger charge is 2.37. The number of cyclic esters (lactones) is 2. The first-order valence-electron chi connectivity index (χ1n) is 3.83. The molecule has 0 spiro atoms. The van der Waals surface area contributed by atoms with Crippen LogP contribution in [0.5, 0.6) is 0 Å². The van der Waals surface area contributed by atoms with Gasteiger partial charge in [-0.3, -0.25) is 9.59 Å². The summed E-state index contributed by atoms with van der Waals surface area (Å²) < 4.78 is 8.64. The SMILES string of the molecule is O=C1CCCC(=O)OC(O)(CO)O1. The fourth-order valence-corrected chi connectivity index (χ4v) is 0.920. The first kappa shape index (κ1) is 9.94. The average molecular weight is 190 g/mol. The molecule has 1 saturated heterocycles. The molecule has 1 rings (SSSR count). The molecule has 2 N–H and O–H groups in total. The van der Waals surface area contributed by atoms with E-state index in [-0.39, 0.29) is 12.8 Å². The van der Waals surface area contributed by atoms with E-state index in [1.54, 1.807) is 0 Å². The third kappa shape index (κ3) is 2.67. The van der Waals surface area contributed by atoms with Crippen molar-refractivity contribution >= 4 is 11.9 Å². The van der Waals surface area contributed by atoms with Gasteiger partial charge in [0.15, 0.2) is 0 Å². The van der Waals surface area contributed by atoms with Crippen molar-refractivity contribution in [2.24, 2.45) is 0 Å². The summed E-state index contributed by atoms with van der Waals surface area (Å²) in [6.07, 6.45) is 0.369. The highest BCUT2D eigenvalue weighted by molar-refractivity contribution is 5.74. The van der Waals surface area contributed by atoms with Crippen LogP contribution in [0.1, 0.15) is 19.3 Å². The Morgan fingerprint density at radius 1 is 1.23 bits per heavy atom. The average Bonchev–Trinajstić information content (AvgIpc) is 2.01. The van der Waals surface area contributed by atoms with Crippen LogP contribution in [0.2, 0.25) is 0 Å². The molecule has 0 aromatic heterocycles. The molecule has 0 aliphatic carbocycles. The zero-order valence-electron chi connectivity index (χ0n) is 6.86. The van der Waals surface area contributed by atoms with Crippen LogP contribution in [0.25, 0.3) is 0 Å². The van der Waals surface area contributed by atoms with Crippen LogP contribution in [-0.2, 0) is 19.1 Å². The molecule has 0 atom stereocenters. The molecular weight excluding hydrogens is 180 g/mol. The van der Waals surface area contributed by atoms with Crippen LogP contribution >= 0.6 is 0 Å². The van der Waals surface area contributed by atoms with Gasteiger partial charge in [-0.2, -0.15) is 0 Å². The monoisotopic (exact) mass is 190 g/mol. The Kier molecular flexibility index (Phi) is 2.84. The van der Waals surface area contributed by atoms with E-state index < -0.39 is 24.5 Å². The Labute approximate surface area is 74.1 Å². The number of carbonyl (C=O) groups excluding carboxylic acids is 2.